The Morgan fingerprint density at radius 2 is 2.12 bits per heavy atom. The molecule has 3 aromatic heterocycles. The average Bonchev–Trinajstić information content (AvgIpc) is 3.10. The van der Waals surface area contributed by atoms with Crippen molar-refractivity contribution in [2.45, 2.75) is 25.7 Å². The Labute approximate surface area is 198 Å². The number of anilines is 1. The standard InChI is InChI=1S/C23H20ClN5O3S/c1-11-6-25-20-18-14-2-3-16(28-15(14)4-5-17(18)33-21(20)22(30)27-11)19-12(7-26-23(24)29-19)8-32-13-9-31-10-13/h2-5,7,11,13,25H,6,8-10H2,1H3,(H,27,30)/t11-/m1/s1. The van der Waals surface area contributed by atoms with Crippen LogP contribution in [0.3, 0.4) is 0 Å². The van der Waals surface area contributed by atoms with Gasteiger partial charge in [0.1, 0.15) is 11.0 Å². The number of hydrogen-bond acceptors (Lipinski definition) is 8. The van der Waals surface area contributed by atoms with Gasteiger partial charge in [-0.3, -0.25) is 4.79 Å². The highest BCUT2D eigenvalue weighted by atomic mass is 35.5. The summed E-state index contributed by atoms with van der Waals surface area (Å²) in [5, 5.41) is 8.64. The van der Waals surface area contributed by atoms with Crippen molar-refractivity contribution in [2.75, 3.05) is 25.1 Å². The van der Waals surface area contributed by atoms with Crippen LogP contribution in [0.25, 0.3) is 32.4 Å². The van der Waals surface area contributed by atoms with Gasteiger partial charge in [-0.15, -0.1) is 11.3 Å². The van der Waals surface area contributed by atoms with Crippen molar-refractivity contribution in [2.24, 2.45) is 0 Å². The van der Waals surface area contributed by atoms with E-state index in [9.17, 15) is 4.79 Å². The zero-order chi connectivity index (χ0) is 22.5. The molecule has 0 unspecified atom stereocenters. The summed E-state index contributed by atoms with van der Waals surface area (Å²) in [4.78, 5) is 26.8. The molecule has 0 bridgehead atoms. The Morgan fingerprint density at radius 1 is 1.24 bits per heavy atom. The summed E-state index contributed by atoms with van der Waals surface area (Å²) in [5.41, 5.74) is 3.84. The molecular weight excluding hydrogens is 462 g/mol. The zero-order valence-electron chi connectivity index (χ0n) is 17.7. The molecule has 0 aliphatic carbocycles. The molecule has 0 radical (unpaired) electrons. The lowest BCUT2D eigenvalue weighted by atomic mass is 10.1. The Kier molecular flexibility index (Phi) is 5.14. The van der Waals surface area contributed by atoms with Crippen molar-refractivity contribution in [3.63, 3.8) is 0 Å². The molecule has 4 aromatic rings. The third-order valence-electron chi connectivity index (χ3n) is 5.85. The molecule has 1 atom stereocenters. The van der Waals surface area contributed by atoms with E-state index in [0.29, 0.717) is 42.6 Å². The van der Waals surface area contributed by atoms with Gasteiger partial charge in [0, 0.05) is 39.8 Å². The van der Waals surface area contributed by atoms with E-state index in [1.54, 1.807) is 6.20 Å². The van der Waals surface area contributed by atoms with E-state index in [0.717, 1.165) is 32.2 Å². The van der Waals surface area contributed by atoms with Crippen molar-refractivity contribution in [3.8, 4) is 11.4 Å². The van der Waals surface area contributed by atoms with Gasteiger partial charge in [0.2, 0.25) is 5.28 Å². The number of halogens is 1. The minimum absolute atomic E-state index is 0.0430. The molecule has 6 rings (SSSR count). The Morgan fingerprint density at radius 3 is 2.94 bits per heavy atom. The third-order valence-corrected chi connectivity index (χ3v) is 7.19. The second-order valence-corrected chi connectivity index (χ2v) is 9.64. The molecule has 0 saturated carbocycles. The van der Waals surface area contributed by atoms with E-state index >= 15 is 0 Å². The first-order valence-electron chi connectivity index (χ1n) is 10.7. The van der Waals surface area contributed by atoms with Crippen LogP contribution in [0.1, 0.15) is 22.2 Å². The summed E-state index contributed by atoms with van der Waals surface area (Å²) < 4.78 is 12.1. The maximum atomic E-state index is 12.7. The third kappa shape index (κ3) is 3.71. The zero-order valence-corrected chi connectivity index (χ0v) is 19.3. The molecule has 1 fully saturated rings. The van der Waals surface area contributed by atoms with Crippen molar-refractivity contribution < 1.29 is 14.3 Å². The first-order chi connectivity index (χ1) is 16.1. The van der Waals surface area contributed by atoms with Crippen LogP contribution in [0.5, 0.6) is 0 Å². The summed E-state index contributed by atoms with van der Waals surface area (Å²) in [6, 6.07) is 8.00. The fourth-order valence-corrected chi connectivity index (χ4v) is 5.32. The summed E-state index contributed by atoms with van der Waals surface area (Å²) in [5.74, 6) is -0.0430. The van der Waals surface area contributed by atoms with Crippen LogP contribution < -0.4 is 10.6 Å². The number of ether oxygens (including phenoxy) is 2. The van der Waals surface area contributed by atoms with Gasteiger partial charge in [-0.25, -0.2) is 15.0 Å². The van der Waals surface area contributed by atoms with Gasteiger partial charge in [-0.1, -0.05) is 0 Å². The highest BCUT2D eigenvalue weighted by Gasteiger charge is 2.25. The van der Waals surface area contributed by atoms with E-state index in [4.69, 9.17) is 26.1 Å². The van der Waals surface area contributed by atoms with E-state index < -0.39 is 0 Å². The smallest absolute Gasteiger partial charge is 0.263 e. The van der Waals surface area contributed by atoms with Crippen LogP contribution in [-0.4, -0.2) is 52.8 Å². The molecule has 2 aliphatic heterocycles. The predicted octanol–water partition coefficient (Wildman–Crippen LogP) is 4.02. The first kappa shape index (κ1) is 20.7. The first-order valence-corrected chi connectivity index (χ1v) is 11.9. The van der Waals surface area contributed by atoms with Gasteiger partial charge in [0.15, 0.2) is 0 Å². The van der Waals surface area contributed by atoms with E-state index in [-0.39, 0.29) is 23.3 Å². The Balaban J connectivity index is 1.44. The normalized spacial score (nSPS) is 18.5. The van der Waals surface area contributed by atoms with E-state index in [1.807, 2.05) is 31.2 Å². The van der Waals surface area contributed by atoms with Crippen molar-refractivity contribution in [3.05, 3.63) is 46.2 Å². The lowest BCUT2D eigenvalue weighted by Gasteiger charge is -2.26. The molecular formula is C23H20ClN5O3S. The Hall–Kier alpha value is -2.85. The molecule has 2 N–H and O–H groups in total. The van der Waals surface area contributed by atoms with Crippen LogP contribution in [0.2, 0.25) is 5.28 Å². The maximum absolute atomic E-state index is 12.7. The molecule has 168 valence electrons. The van der Waals surface area contributed by atoms with E-state index in [1.165, 1.54) is 11.3 Å². The van der Waals surface area contributed by atoms with Crippen molar-refractivity contribution in [1.29, 1.82) is 0 Å². The number of nitrogens with zero attached hydrogens (tertiary/aromatic N) is 3. The Bertz CT molecular complexity index is 1400. The van der Waals surface area contributed by atoms with Crippen molar-refractivity contribution in [1.82, 2.24) is 20.3 Å². The second-order valence-electron chi connectivity index (χ2n) is 8.25. The number of rotatable bonds is 4. The van der Waals surface area contributed by atoms with Gasteiger partial charge in [-0.2, -0.15) is 0 Å². The molecule has 1 saturated heterocycles. The topological polar surface area (TPSA) is 98.3 Å². The largest absolute Gasteiger partial charge is 0.381 e. The molecule has 0 spiro atoms. The number of nitrogens with one attached hydrogen (secondary N) is 2. The SMILES string of the molecule is C[C@@H]1CNc2c(sc3ccc4nc(-c5nc(Cl)ncc5COC5COC5)ccc4c23)C(=O)N1. The molecule has 33 heavy (non-hydrogen) atoms. The summed E-state index contributed by atoms with van der Waals surface area (Å²) in [7, 11) is 0. The number of carbonyl (C=O) groups excluding carboxylic acids is 1. The van der Waals surface area contributed by atoms with Gasteiger partial charge >= 0.3 is 0 Å². The van der Waals surface area contributed by atoms with Crippen LogP contribution in [0, 0.1) is 0 Å². The monoisotopic (exact) mass is 481 g/mol. The number of fused-ring (bicyclic) bond motifs is 5. The quantitative estimate of drug-likeness (QED) is 0.425. The molecule has 10 heteroatoms. The van der Waals surface area contributed by atoms with Gasteiger partial charge in [-0.05, 0) is 42.8 Å². The van der Waals surface area contributed by atoms with Crippen LogP contribution in [0.4, 0.5) is 5.69 Å². The second kappa shape index (κ2) is 8.18. The molecule has 5 heterocycles. The average molecular weight is 482 g/mol. The number of benzene rings is 1. The van der Waals surface area contributed by atoms with Crippen LogP contribution in [0.15, 0.2) is 30.5 Å². The van der Waals surface area contributed by atoms with E-state index in [2.05, 4.69) is 20.6 Å². The summed E-state index contributed by atoms with van der Waals surface area (Å²) in [6.45, 7) is 4.21. The summed E-state index contributed by atoms with van der Waals surface area (Å²) in [6.07, 6.45) is 1.77. The van der Waals surface area contributed by atoms with Gasteiger partial charge in [0.25, 0.3) is 5.91 Å². The lowest BCUT2D eigenvalue weighted by Crippen LogP contribution is -2.35. The lowest BCUT2D eigenvalue weighted by molar-refractivity contribution is -0.135. The predicted molar refractivity (Wildman–Crippen MR) is 128 cm³/mol. The summed E-state index contributed by atoms with van der Waals surface area (Å²) >= 11 is 7.61. The molecule has 2 aliphatic rings. The minimum Gasteiger partial charge on any atom is -0.381 e. The number of amides is 1. The number of hydrogen-bond donors (Lipinski definition) is 2. The fourth-order valence-electron chi connectivity index (χ4n) is 4.09. The highest BCUT2D eigenvalue weighted by Crippen LogP contribution is 2.41. The van der Waals surface area contributed by atoms with Gasteiger partial charge in [0.05, 0.1) is 42.4 Å². The van der Waals surface area contributed by atoms with Gasteiger partial charge < -0.3 is 20.1 Å². The van der Waals surface area contributed by atoms with Crippen LogP contribution in [-0.2, 0) is 16.1 Å². The number of aromatic nitrogens is 3. The molecule has 1 aromatic carbocycles. The molecule has 8 nitrogen and oxygen atoms in total. The fraction of sp³-hybridized carbons (Fsp3) is 0.304. The minimum atomic E-state index is -0.0430. The number of thiophene rings is 1. The molecule has 1 amide bonds. The van der Waals surface area contributed by atoms with Crippen molar-refractivity contribution >= 4 is 55.5 Å². The number of pyridine rings is 1. The highest BCUT2D eigenvalue weighted by molar-refractivity contribution is 7.21. The number of carbonyl (C=O) groups is 1. The van der Waals surface area contributed by atoms with Crippen LogP contribution >= 0.6 is 22.9 Å². The maximum Gasteiger partial charge on any atom is 0.263 e.